The van der Waals surface area contributed by atoms with Crippen molar-refractivity contribution in [3.63, 3.8) is 0 Å². The zero-order chi connectivity index (χ0) is 25.3. The van der Waals surface area contributed by atoms with E-state index in [1.54, 1.807) is 18.6 Å². The number of hydrogen-bond donors (Lipinski definition) is 2. The topological polar surface area (TPSA) is 113 Å². The van der Waals surface area contributed by atoms with Crippen molar-refractivity contribution in [3.8, 4) is 5.88 Å². The first kappa shape index (κ1) is 24.1. The number of piperazine rings is 1. The predicted octanol–water partition coefficient (Wildman–Crippen LogP) is 1.93. The maximum atomic E-state index is 14.2. The van der Waals surface area contributed by atoms with Crippen LogP contribution in [0.4, 0.5) is 26.0 Å². The summed E-state index contributed by atoms with van der Waals surface area (Å²) in [4.78, 5) is 16.9. The number of nitrogens with zero attached hydrogens (tertiary/aromatic N) is 5. The van der Waals surface area contributed by atoms with E-state index in [4.69, 9.17) is 4.74 Å². The molecule has 0 aliphatic carbocycles. The van der Waals surface area contributed by atoms with Crippen LogP contribution in [0.2, 0.25) is 0 Å². The molecule has 13 heteroatoms. The molecule has 1 aromatic carbocycles. The minimum atomic E-state index is -4.37. The molecule has 2 aliphatic rings. The highest BCUT2D eigenvalue weighted by Gasteiger charge is 2.27. The summed E-state index contributed by atoms with van der Waals surface area (Å²) in [6.07, 6.45) is 3.88. The molecule has 4 heterocycles. The van der Waals surface area contributed by atoms with Gasteiger partial charge in [-0.15, -0.1) is 0 Å². The SMILES string of the molecule is COc1ncc(N2CCc3ncnc(N4CCNCC4)c3C2)cc1NS(=O)(=O)c1ccc(F)cc1F. The molecule has 36 heavy (non-hydrogen) atoms. The van der Waals surface area contributed by atoms with Gasteiger partial charge in [0.1, 0.15) is 34.4 Å². The van der Waals surface area contributed by atoms with Crippen LogP contribution < -0.4 is 24.6 Å². The lowest BCUT2D eigenvalue weighted by atomic mass is 10.0. The van der Waals surface area contributed by atoms with Crippen LogP contribution in [-0.2, 0) is 23.0 Å². The molecule has 0 atom stereocenters. The average molecular weight is 518 g/mol. The second-order valence-corrected chi connectivity index (χ2v) is 10.1. The monoisotopic (exact) mass is 517 g/mol. The van der Waals surface area contributed by atoms with E-state index >= 15 is 0 Å². The van der Waals surface area contributed by atoms with Crippen LogP contribution in [-0.4, -0.2) is 63.2 Å². The molecule has 2 N–H and O–H groups in total. The average Bonchev–Trinajstić information content (AvgIpc) is 2.88. The molecule has 0 amide bonds. The number of nitrogens with one attached hydrogen (secondary N) is 2. The highest BCUT2D eigenvalue weighted by Crippen LogP contribution is 2.33. The number of pyridine rings is 1. The Morgan fingerprint density at radius 2 is 1.86 bits per heavy atom. The van der Waals surface area contributed by atoms with Crippen molar-refractivity contribution in [2.45, 2.75) is 17.9 Å². The van der Waals surface area contributed by atoms with E-state index in [2.05, 4.69) is 34.8 Å². The van der Waals surface area contributed by atoms with E-state index in [0.29, 0.717) is 31.3 Å². The molecule has 10 nitrogen and oxygen atoms in total. The molecule has 1 fully saturated rings. The number of rotatable bonds is 6. The van der Waals surface area contributed by atoms with Crippen molar-refractivity contribution < 1.29 is 21.9 Å². The molecule has 5 rings (SSSR count). The van der Waals surface area contributed by atoms with Gasteiger partial charge in [-0.3, -0.25) is 4.72 Å². The third kappa shape index (κ3) is 4.75. The van der Waals surface area contributed by atoms with Gasteiger partial charge in [0, 0.05) is 57.3 Å². The molecule has 3 aromatic rings. The number of anilines is 3. The van der Waals surface area contributed by atoms with Crippen molar-refractivity contribution in [2.75, 3.05) is 54.4 Å². The fourth-order valence-corrected chi connectivity index (χ4v) is 5.55. The van der Waals surface area contributed by atoms with Gasteiger partial charge in [-0.05, 0) is 18.2 Å². The molecular weight excluding hydrogens is 492 g/mol. The molecule has 0 bridgehead atoms. The highest BCUT2D eigenvalue weighted by molar-refractivity contribution is 7.92. The Morgan fingerprint density at radius 1 is 1.06 bits per heavy atom. The molecule has 0 radical (unpaired) electrons. The lowest BCUT2D eigenvalue weighted by Crippen LogP contribution is -2.45. The molecule has 190 valence electrons. The minimum Gasteiger partial charge on any atom is -0.479 e. The maximum Gasteiger partial charge on any atom is 0.264 e. The third-order valence-electron chi connectivity index (χ3n) is 6.22. The van der Waals surface area contributed by atoms with Crippen molar-refractivity contribution in [2.24, 2.45) is 0 Å². The standard InChI is InChI=1S/C23H25F2N7O3S/c1-35-23-20(30-36(33,34)21-3-2-15(24)10-18(21)25)11-16(12-27-23)32-7-4-19-17(13-32)22(29-14-28-19)31-8-5-26-6-9-31/h2-3,10-12,14,26,30H,4-9,13H2,1H3. The second-order valence-electron chi connectivity index (χ2n) is 8.46. The molecule has 1 saturated heterocycles. The van der Waals surface area contributed by atoms with Crippen LogP contribution in [0.1, 0.15) is 11.3 Å². The number of fused-ring (bicyclic) bond motifs is 1. The van der Waals surface area contributed by atoms with E-state index in [1.807, 2.05) is 0 Å². The molecule has 2 aromatic heterocycles. The van der Waals surface area contributed by atoms with Crippen LogP contribution in [0.3, 0.4) is 0 Å². The fourth-order valence-electron chi connectivity index (χ4n) is 4.44. The Bertz CT molecular complexity index is 1380. The number of sulfonamides is 1. The van der Waals surface area contributed by atoms with Gasteiger partial charge in [0.2, 0.25) is 5.88 Å². The van der Waals surface area contributed by atoms with Crippen LogP contribution in [0.15, 0.2) is 41.7 Å². The predicted molar refractivity (Wildman–Crippen MR) is 130 cm³/mol. The van der Waals surface area contributed by atoms with Crippen molar-refractivity contribution in [1.82, 2.24) is 20.3 Å². The number of halogens is 2. The lowest BCUT2D eigenvalue weighted by Gasteiger charge is -2.35. The number of hydrogen-bond acceptors (Lipinski definition) is 9. The Morgan fingerprint density at radius 3 is 2.61 bits per heavy atom. The third-order valence-corrected chi connectivity index (χ3v) is 7.62. The van der Waals surface area contributed by atoms with Crippen LogP contribution in [0.5, 0.6) is 5.88 Å². The van der Waals surface area contributed by atoms with E-state index < -0.39 is 26.6 Å². The Balaban J connectivity index is 1.44. The quantitative estimate of drug-likeness (QED) is 0.507. The van der Waals surface area contributed by atoms with Crippen molar-refractivity contribution in [3.05, 3.63) is 59.7 Å². The van der Waals surface area contributed by atoms with Gasteiger partial charge < -0.3 is 19.9 Å². The summed E-state index contributed by atoms with van der Waals surface area (Å²) in [6, 6.07) is 3.86. The van der Waals surface area contributed by atoms with E-state index in [9.17, 15) is 17.2 Å². The van der Waals surface area contributed by atoms with Gasteiger partial charge in [-0.2, -0.15) is 0 Å². The summed E-state index contributed by atoms with van der Waals surface area (Å²) in [5.74, 6) is -1.15. The fraction of sp³-hybridized carbons (Fsp3) is 0.348. The highest BCUT2D eigenvalue weighted by atomic mass is 32.2. The summed E-state index contributed by atoms with van der Waals surface area (Å²) in [6.45, 7) is 4.60. The van der Waals surface area contributed by atoms with Crippen LogP contribution in [0.25, 0.3) is 0 Å². The Labute approximate surface area is 207 Å². The largest absolute Gasteiger partial charge is 0.479 e. The first-order valence-corrected chi connectivity index (χ1v) is 12.9. The number of benzene rings is 1. The first-order chi connectivity index (χ1) is 17.4. The molecular formula is C23H25F2N7O3S. The van der Waals surface area contributed by atoms with Crippen LogP contribution in [0, 0.1) is 11.6 Å². The summed E-state index contributed by atoms with van der Waals surface area (Å²) in [7, 11) is -3.02. The summed E-state index contributed by atoms with van der Waals surface area (Å²) in [5, 5.41) is 3.34. The first-order valence-electron chi connectivity index (χ1n) is 11.4. The number of methoxy groups -OCH3 is 1. The minimum absolute atomic E-state index is 0.0205. The Hall–Kier alpha value is -3.58. The van der Waals surface area contributed by atoms with E-state index in [1.165, 1.54) is 7.11 Å². The van der Waals surface area contributed by atoms with E-state index in [0.717, 1.165) is 55.4 Å². The zero-order valence-electron chi connectivity index (χ0n) is 19.5. The molecule has 0 unspecified atom stereocenters. The van der Waals surface area contributed by atoms with Crippen molar-refractivity contribution >= 4 is 27.2 Å². The van der Waals surface area contributed by atoms with Gasteiger partial charge in [0.15, 0.2) is 0 Å². The molecule has 2 aliphatic heterocycles. The van der Waals surface area contributed by atoms with Gasteiger partial charge in [0.25, 0.3) is 10.0 Å². The van der Waals surface area contributed by atoms with E-state index in [-0.39, 0.29) is 11.6 Å². The molecule has 0 saturated carbocycles. The second kappa shape index (κ2) is 9.82. The van der Waals surface area contributed by atoms with Crippen molar-refractivity contribution in [1.29, 1.82) is 0 Å². The van der Waals surface area contributed by atoms with Gasteiger partial charge in [-0.25, -0.2) is 32.2 Å². The number of ether oxygens (including phenoxy) is 1. The summed E-state index contributed by atoms with van der Waals surface area (Å²) in [5.41, 5.74) is 2.70. The molecule has 0 spiro atoms. The van der Waals surface area contributed by atoms with Gasteiger partial charge in [0.05, 0.1) is 24.7 Å². The maximum absolute atomic E-state index is 14.2. The normalized spacial score (nSPS) is 16.0. The number of aromatic nitrogens is 3. The summed E-state index contributed by atoms with van der Waals surface area (Å²) >= 11 is 0. The van der Waals surface area contributed by atoms with Crippen LogP contribution >= 0.6 is 0 Å². The zero-order valence-corrected chi connectivity index (χ0v) is 20.4. The van der Waals surface area contributed by atoms with Gasteiger partial charge >= 0.3 is 0 Å². The van der Waals surface area contributed by atoms with Gasteiger partial charge in [-0.1, -0.05) is 0 Å². The summed E-state index contributed by atoms with van der Waals surface area (Å²) < 4.78 is 60.8. The smallest absolute Gasteiger partial charge is 0.264 e. The Kier molecular flexibility index (Phi) is 6.58. The lowest BCUT2D eigenvalue weighted by molar-refractivity contribution is 0.400.